The zero-order valence-corrected chi connectivity index (χ0v) is 13.3. The summed E-state index contributed by atoms with van der Waals surface area (Å²) in [5.41, 5.74) is 7.94. The van der Waals surface area contributed by atoms with Crippen molar-refractivity contribution in [3.63, 3.8) is 0 Å². The van der Waals surface area contributed by atoms with Crippen molar-refractivity contribution in [3.05, 3.63) is 28.3 Å². The van der Waals surface area contributed by atoms with E-state index in [0.29, 0.717) is 22.6 Å². The highest BCUT2D eigenvalue weighted by molar-refractivity contribution is 8.13. The molecular weight excluding hydrogens is 296 g/mol. The Hall–Kier alpha value is -0.910. The molecule has 0 unspecified atom stereocenters. The van der Waals surface area contributed by atoms with Crippen LogP contribution in [0, 0.1) is 0 Å². The maximum Gasteiger partial charge on any atom is 0.189 e. The fourth-order valence-electron chi connectivity index (χ4n) is 1.86. The molecule has 4 nitrogen and oxygen atoms in total. The Kier molecular flexibility index (Phi) is 5.57. The number of nitrogens with zero attached hydrogens (tertiary/aromatic N) is 1. The largest absolute Gasteiger partial charge is 0.467 e. The number of rotatable bonds is 4. The zero-order valence-electron chi connectivity index (χ0n) is 11.7. The maximum absolute atomic E-state index is 6.12. The summed E-state index contributed by atoms with van der Waals surface area (Å²) in [6.07, 6.45) is 0.980. The fraction of sp³-hybridized carbons (Fsp3) is 0.500. The van der Waals surface area contributed by atoms with E-state index in [9.17, 15) is 0 Å². The molecule has 0 fully saturated rings. The van der Waals surface area contributed by atoms with E-state index in [4.69, 9.17) is 26.8 Å². The van der Waals surface area contributed by atoms with Gasteiger partial charge in [0, 0.05) is 27.9 Å². The Morgan fingerprint density at radius 3 is 3.10 bits per heavy atom. The monoisotopic (exact) mass is 314 g/mol. The minimum atomic E-state index is 0.250. The van der Waals surface area contributed by atoms with Crippen molar-refractivity contribution in [2.75, 3.05) is 6.79 Å². The van der Waals surface area contributed by atoms with Gasteiger partial charge in [-0.15, -0.1) is 0 Å². The standard InChI is InChI=1S/C14H19ClN2O2S/c1-3-9(2)17-14(16)20-7-11-5-12(15)4-10-6-18-8-19-13(10)11/h4-5,9H,3,6-8H2,1-2H3,(H2,16,17)/t9-/m0/s1. The van der Waals surface area contributed by atoms with Gasteiger partial charge in [0.1, 0.15) is 5.75 Å². The average Bonchev–Trinajstić information content (AvgIpc) is 2.44. The van der Waals surface area contributed by atoms with Gasteiger partial charge in [0.25, 0.3) is 0 Å². The Labute approximate surface area is 128 Å². The average molecular weight is 315 g/mol. The Morgan fingerprint density at radius 2 is 2.35 bits per heavy atom. The number of hydrogen-bond acceptors (Lipinski definition) is 4. The number of thioether (sulfide) groups is 1. The van der Waals surface area contributed by atoms with E-state index in [-0.39, 0.29) is 12.8 Å². The van der Waals surface area contributed by atoms with E-state index < -0.39 is 0 Å². The third-order valence-electron chi connectivity index (χ3n) is 3.07. The first kappa shape index (κ1) is 15.5. The second-order valence-electron chi connectivity index (χ2n) is 4.68. The van der Waals surface area contributed by atoms with E-state index in [1.165, 1.54) is 11.8 Å². The number of aliphatic imine (C=N–C) groups is 1. The lowest BCUT2D eigenvalue weighted by molar-refractivity contribution is -0.0168. The first-order chi connectivity index (χ1) is 9.60. The van der Waals surface area contributed by atoms with Crippen LogP contribution in [0.2, 0.25) is 5.02 Å². The summed E-state index contributed by atoms with van der Waals surface area (Å²) in [5.74, 6) is 1.55. The number of benzene rings is 1. The van der Waals surface area contributed by atoms with Crippen molar-refractivity contribution in [1.82, 2.24) is 0 Å². The number of hydrogen-bond donors (Lipinski definition) is 1. The number of fused-ring (bicyclic) bond motifs is 1. The van der Waals surface area contributed by atoms with Gasteiger partial charge in [0.05, 0.1) is 6.61 Å². The SMILES string of the molecule is CC[C@H](C)N=C(N)SCc1cc(Cl)cc2c1OCOC2. The lowest BCUT2D eigenvalue weighted by Gasteiger charge is -2.21. The first-order valence-corrected chi connectivity index (χ1v) is 7.94. The highest BCUT2D eigenvalue weighted by atomic mass is 35.5. The molecule has 1 heterocycles. The molecule has 0 aliphatic carbocycles. The summed E-state index contributed by atoms with van der Waals surface area (Å²) >= 11 is 7.63. The van der Waals surface area contributed by atoms with Crippen LogP contribution in [-0.2, 0) is 17.1 Å². The Bertz CT molecular complexity index is 508. The minimum absolute atomic E-state index is 0.250. The van der Waals surface area contributed by atoms with Crippen molar-refractivity contribution >= 4 is 28.5 Å². The van der Waals surface area contributed by atoms with Crippen molar-refractivity contribution < 1.29 is 9.47 Å². The number of nitrogens with two attached hydrogens (primary N) is 1. The van der Waals surface area contributed by atoms with E-state index in [2.05, 4.69) is 18.8 Å². The summed E-state index contributed by atoms with van der Waals surface area (Å²) in [7, 11) is 0. The van der Waals surface area contributed by atoms with Gasteiger partial charge in [-0.05, 0) is 25.5 Å². The molecule has 0 aromatic heterocycles. The normalized spacial score (nSPS) is 16.4. The summed E-state index contributed by atoms with van der Waals surface area (Å²) in [6, 6.07) is 4.04. The quantitative estimate of drug-likeness (QED) is 0.682. The third-order valence-corrected chi connectivity index (χ3v) is 4.14. The van der Waals surface area contributed by atoms with Crippen LogP contribution in [0.4, 0.5) is 0 Å². The molecule has 20 heavy (non-hydrogen) atoms. The van der Waals surface area contributed by atoms with Gasteiger partial charge in [-0.2, -0.15) is 0 Å². The molecule has 1 aliphatic heterocycles. The molecule has 1 aliphatic rings. The van der Waals surface area contributed by atoms with Crippen LogP contribution in [-0.4, -0.2) is 18.0 Å². The third kappa shape index (κ3) is 4.04. The summed E-state index contributed by atoms with van der Waals surface area (Å²) in [6.45, 7) is 4.95. The van der Waals surface area contributed by atoms with Crippen LogP contribution in [0.25, 0.3) is 0 Å². The topological polar surface area (TPSA) is 56.8 Å². The molecule has 0 bridgehead atoms. The summed E-state index contributed by atoms with van der Waals surface area (Å²) in [4.78, 5) is 4.40. The smallest absolute Gasteiger partial charge is 0.189 e. The van der Waals surface area contributed by atoms with Crippen LogP contribution in [0.3, 0.4) is 0 Å². The molecule has 1 atom stereocenters. The molecule has 110 valence electrons. The van der Waals surface area contributed by atoms with Gasteiger partial charge in [-0.25, -0.2) is 0 Å². The molecule has 1 aromatic rings. The Morgan fingerprint density at radius 1 is 1.55 bits per heavy atom. The van der Waals surface area contributed by atoms with Gasteiger partial charge >= 0.3 is 0 Å². The molecule has 0 saturated heterocycles. The van der Waals surface area contributed by atoms with Crippen molar-refractivity contribution in [2.45, 2.75) is 38.7 Å². The van der Waals surface area contributed by atoms with Crippen molar-refractivity contribution in [1.29, 1.82) is 0 Å². The molecule has 2 rings (SSSR count). The van der Waals surface area contributed by atoms with Gasteiger partial charge in [0.15, 0.2) is 12.0 Å². The van der Waals surface area contributed by atoms with E-state index >= 15 is 0 Å². The van der Waals surface area contributed by atoms with E-state index in [1.54, 1.807) is 0 Å². The van der Waals surface area contributed by atoms with Crippen LogP contribution in [0.1, 0.15) is 31.4 Å². The molecule has 1 aromatic carbocycles. The molecule has 0 saturated carbocycles. The van der Waals surface area contributed by atoms with Crippen LogP contribution < -0.4 is 10.5 Å². The van der Waals surface area contributed by atoms with Crippen molar-refractivity contribution in [2.24, 2.45) is 10.7 Å². The maximum atomic E-state index is 6.12. The first-order valence-electron chi connectivity index (χ1n) is 6.58. The number of amidine groups is 1. The van der Waals surface area contributed by atoms with Gasteiger partial charge < -0.3 is 15.2 Å². The lowest BCUT2D eigenvalue weighted by Crippen LogP contribution is -2.14. The van der Waals surface area contributed by atoms with Gasteiger partial charge in [-0.1, -0.05) is 30.3 Å². The highest BCUT2D eigenvalue weighted by Gasteiger charge is 2.16. The van der Waals surface area contributed by atoms with Crippen LogP contribution in [0.15, 0.2) is 17.1 Å². The molecule has 0 spiro atoms. The molecule has 2 N–H and O–H groups in total. The van der Waals surface area contributed by atoms with Crippen LogP contribution in [0.5, 0.6) is 5.75 Å². The Balaban J connectivity index is 2.10. The zero-order chi connectivity index (χ0) is 14.5. The lowest BCUT2D eigenvalue weighted by atomic mass is 10.1. The number of ether oxygens (including phenoxy) is 2. The summed E-state index contributed by atoms with van der Waals surface area (Å²) in [5, 5.41) is 1.28. The fourth-order valence-corrected chi connectivity index (χ4v) is 2.90. The number of halogens is 1. The van der Waals surface area contributed by atoms with Gasteiger partial charge in [0.2, 0.25) is 0 Å². The minimum Gasteiger partial charge on any atom is -0.467 e. The second-order valence-corrected chi connectivity index (χ2v) is 6.11. The predicted molar refractivity (Wildman–Crippen MR) is 84.4 cm³/mol. The molecule has 6 heteroatoms. The summed E-state index contributed by atoms with van der Waals surface area (Å²) < 4.78 is 10.8. The molecular formula is C14H19ClN2O2S. The van der Waals surface area contributed by atoms with Crippen LogP contribution >= 0.6 is 23.4 Å². The van der Waals surface area contributed by atoms with E-state index in [0.717, 1.165) is 23.3 Å². The molecule has 0 amide bonds. The van der Waals surface area contributed by atoms with E-state index in [1.807, 2.05) is 12.1 Å². The second kappa shape index (κ2) is 7.20. The van der Waals surface area contributed by atoms with Crippen molar-refractivity contribution in [3.8, 4) is 5.75 Å². The predicted octanol–water partition coefficient (Wildman–Crippen LogP) is 3.55. The molecule has 0 radical (unpaired) electrons. The highest BCUT2D eigenvalue weighted by Crippen LogP contribution is 2.33. The van der Waals surface area contributed by atoms with Gasteiger partial charge in [-0.3, -0.25) is 4.99 Å².